The SMILES string of the molecule is COCCCCCC(C)CNCCOC. The molecule has 92 valence electrons. The van der Waals surface area contributed by atoms with Crippen LogP contribution < -0.4 is 5.32 Å². The van der Waals surface area contributed by atoms with Gasteiger partial charge in [0.15, 0.2) is 0 Å². The largest absolute Gasteiger partial charge is 0.385 e. The van der Waals surface area contributed by atoms with Gasteiger partial charge in [-0.1, -0.05) is 19.8 Å². The highest BCUT2D eigenvalue weighted by Crippen LogP contribution is 2.08. The molecular weight excluding hydrogens is 190 g/mol. The van der Waals surface area contributed by atoms with E-state index in [1.807, 2.05) is 0 Å². The second-order valence-corrected chi connectivity index (χ2v) is 4.14. The molecule has 0 fully saturated rings. The van der Waals surface area contributed by atoms with Crippen LogP contribution in [-0.4, -0.2) is 40.5 Å². The lowest BCUT2D eigenvalue weighted by Crippen LogP contribution is -2.24. The normalized spacial score (nSPS) is 13.0. The first kappa shape index (κ1) is 14.9. The third-order valence-electron chi connectivity index (χ3n) is 2.52. The summed E-state index contributed by atoms with van der Waals surface area (Å²) >= 11 is 0. The third kappa shape index (κ3) is 11.8. The lowest BCUT2D eigenvalue weighted by molar-refractivity contribution is 0.190. The number of hydrogen-bond donors (Lipinski definition) is 1. The van der Waals surface area contributed by atoms with E-state index in [1.165, 1.54) is 25.7 Å². The fourth-order valence-corrected chi connectivity index (χ4v) is 1.54. The summed E-state index contributed by atoms with van der Waals surface area (Å²) in [5, 5.41) is 3.39. The van der Waals surface area contributed by atoms with E-state index in [9.17, 15) is 0 Å². The first-order chi connectivity index (χ1) is 7.31. The van der Waals surface area contributed by atoms with Gasteiger partial charge in [-0.3, -0.25) is 0 Å². The van der Waals surface area contributed by atoms with Crippen LogP contribution in [0.3, 0.4) is 0 Å². The van der Waals surface area contributed by atoms with E-state index in [4.69, 9.17) is 9.47 Å². The second kappa shape index (κ2) is 12.0. The van der Waals surface area contributed by atoms with E-state index in [0.29, 0.717) is 0 Å². The molecular formula is C12H27NO2. The van der Waals surface area contributed by atoms with Crippen molar-refractivity contribution in [2.75, 3.05) is 40.5 Å². The minimum absolute atomic E-state index is 0.768. The summed E-state index contributed by atoms with van der Waals surface area (Å²) < 4.78 is 9.99. The van der Waals surface area contributed by atoms with Crippen molar-refractivity contribution in [1.29, 1.82) is 0 Å². The van der Waals surface area contributed by atoms with Crippen LogP contribution in [0.4, 0.5) is 0 Å². The molecule has 0 aliphatic heterocycles. The Kier molecular flexibility index (Phi) is 11.9. The third-order valence-corrected chi connectivity index (χ3v) is 2.52. The Morgan fingerprint density at radius 3 is 2.40 bits per heavy atom. The first-order valence-corrected chi connectivity index (χ1v) is 5.99. The summed E-state index contributed by atoms with van der Waals surface area (Å²) in [6.45, 7) is 6.08. The fourth-order valence-electron chi connectivity index (χ4n) is 1.54. The van der Waals surface area contributed by atoms with Crippen LogP contribution in [-0.2, 0) is 9.47 Å². The summed E-state index contributed by atoms with van der Waals surface area (Å²) in [5.41, 5.74) is 0. The molecule has 0 amide bonds. The molecule has 15 heavy (non-hydrogen) atoms. The minimum Gasteiger partial charge on any atom is -0.385 e. The highest BCUT2D eigenvalue weighted by atomic mass is 16.5. The maximum absolute atomic E-state index is 5.01. The van der Waals surface area contributed by atoms with Crippen LogP contribution in [0.1, 0.15) is 32.6 Å². The number of methoxy groups -OCH3 is 2. The lowest BCUT2D eigenvalue weighted by atomic mass is 10.0. The molecule has 3 nitrogen and oxygen atoms in total. The van der Waals surface area contributed by atoms with E-state index >= 15 is 0 Å². The molecule has 0 heterocycles. The minimum atomic E-state index is 0.768. The number of nitrogens with one attached hydrogen (secondary N) is 1. The standard InChI is InChI=1S/C12H27NO2/c1-12(11-13-8-10-15-3)7-5-4-6-9-14-2/h12-13H,4-11H2,1-3H3. The Balaban J connectivity index is 3.08. The predicted octanol–water partition coefficient (Wildman–Crippen LogP) is 2.07. The maximum Gasteiger partial charge on any atom is 0.0587 e. The molecule has 0 aliphatic carbocycles. The topological polar surface area (TPSA) is 30.5 Å². The Labute approximate surface area is 94.5 Å². The molecule has 0 saturated carbocycles. The lowest BCUT2D eigenvalue weighted by Gasteiger charge is -2.12. The van der Waals surface area contributed by atoms with Gasteiger partial charge in [0.05, 0.1) is 6.61 Å². The van der Waals surface area contributed by atoms with Crippen LogP contribution in [0.2, 0.25) is 0 Å². The molecule has 0 radical (unpaired) electrons. The van der Waals surface area contributed by atoms with E-state index < -0.39 is 0 Å². The monoisotopic (exact) mass is 217 g/mol. The summed E-state index contributed by atoms with van der Waals surface area (Å²) in [5.74, 6) is 0.768. The zero-order chi connectivity index (χ0) is 11.4. The van der Waals surface area contributed by atoms with Crippen molar-refractivity contribution in [2.24, 2.45) is 5.92 Å². The number of rotatable bonds is 11. The molecule has 0 aromatic heterocycles. The summed E-state index contributed by atoms with van der Waals surface area (Å²) in [4.78, 5) is 0. The van der Waals surface area contributed by atoms with E-state index in [1.54, 1.807) is 14.2 Å². The van der Waals surface area contributed by atoms with Crippen molar-refractivity contribution in [3.63, 3.8) is 0 Å². The average Bonchev–Trinajstić information content (AvgIpc) is 2.24. The van der Waals surface area contributed by atoms with Crippen molar-refractivity contribution in [3.8, 4) is 0 Å². The van der Waals surface area contributed by atoms with Gasteiger partial charge in [-0.15, -0.1) is 0 Å². The highest BCUT2D eigenvalue weighted by molar-refractivity contribution is 4.57. The Morgan fingerprint density at radius 2 is 1.73 bits per heavy atom. The molecule has 0 aliphatic rings. The Morgan fingerprint density at radius 1 is 1.00 bits per heavy atom. The molecule has 0 saturated heterocycles. The molecule has 0 aromatic carbocycles. The highest BCUT2D eigenvalue weighted by Gasteiger charge is 2.00. The molecule has 0 aromatic rings. The van der Waals surface area contributed by atoms with Crippen LogP contribution in [0.25, 0.3) is 0 Å². The van der Waals surface area contributed by atoms with Gasteiger partial charge >= 0.3 is 0 Å². The number of hydrogen-bond acceptors (Lipinski definition) is 3. The van der Waals surface area contributed by atoms with Crippen molar-refractivity contribution in [2.45, 2.75) is 32.6 Å². The van der Waals surface area contributed by atoms with Gasteiger partial charge in [0.25, 0.3) is 0 Å². The summed E-state index contributed by atoms with van der Waals surface area (Å²) in [6, 6.07) is 0. The summed E-state index contributed by atoms with van der Waals surface area (Å²) in [6.07, 6.45) is 5.11. The zero-order valence-corrected chi connectivity index (χ0v) is 10.6. The van der Waals surface area contributed by atoms with E-state index in [-0.39, 0.29) is 0 Å². The van der Waals surface area contributed by atoms with Gasteiger partial charge in [0.2, 0.25) is 0 Å². The number of unbranched alkanes of at least 4 members (excludes halogenated alkanes) is 2. The van der Waals surface area contributed by atoms with Crippen LogP contribution >= 0.6 is 0 Å². The molecule has 1 unspecified atom stereocenters. The van der Waals surface area contributed by atoms with Gasteiger partial charge < -0.3 is 14.8 Å². The van der Waals surface area contributed by atoms with Crippen molar-refractivity contribution >= 4 is 0 Å². The van der Waals surface area contributed by atoms with E-state index in [0.717, 1.165) is 32.2 Å². The molecule has 3 heteroatoms. The van der Waals surface area contributed by atoms with Gasteiger partial charge in [-0.25, -0.2) is 0 Å². The molecule has 1 N–H and O–H groups in total. The Bertz CT molecular complexity index is 120. The summed E-state index contributed by atoms with van der Waals surface area (Å²) in [7, 11) is 3.50. The smallest absolute Gasteiger partial charge is 0.0587 e. The fraction of sp³-hybridized carbons (Fsp3) is 1.00. The first-order valence-electron chi connectivity index (χ1n) is 5.99. The molecule has 0 spiro atoms. The van der Waals surface area contributed by atoms with Crippen molar-refractivity contribution in [1.82, 2.24) is 5.32 Å². The Hall–Kier alpha value is -0.120. The predicted molar refractivity (Wildman–Crippen MR) is 64.3 cm³/mol. The van der Waals surface area contributed by atoms with Crippen LogP contribution in [0.15, 0.2) is 0 Å². The maximum atomic E-state index is 5.01. The van der Waals surface area contributed by atoms with Crippen LogP contribution in [0.5, 0.6) is 0 Å². The van der Waals surface area contributed by atoms with Gasteiger partial charge in [0, 0.05) is 27.4 Å². The quantitative estimate of drug-likeness (QED) is 0.537. The van der Waals surface area contributed by atoms with Crippen molar-refractivity contribution in [3.05, 3.63) is 0 Å². The second-order valence-electron chi connectivity index (χ2n) is 4.14. The zero-order valence-electron chi connectivity index (χ0n) is 10.6. The van der Waals surface area contributed by atoms with Gasteiger partial charge in [-0.05, 0) is 25.3 Å². The van der Waals surface area contributed by atoms with Crippen molar-refractivity contribution < 1.29 is 9.47 Å². The molecule has 0 bridgehead atoms. The number of ether oxygens (including phenoxy) is 2. The van der Waals surface area contributed by atoms with Crippen LogP contribution in [0, 0.1) is 5.92 Å². The molecule has 0 rings (SSSR count). The average molecular weight is 217 g/mol. The van der Waals surface area contributed by atoms with Gasteiger partial charge in [0.1, 0.15) is 0 Å². The van der Waals surface area contributed by atoms with E-state index in [2.05, 4.69) is 12.2 Å². The van der Waals surface area contributed by atoms with Gasteiger partial charge in [-0.2, -0.15) is 0 Å². The molecule has 1 atom stereocenters.